The number of carbonyl (C=O) groups is 1. The number of nitrogens with one attached hydrogen (secondary N) is 1. The predicted molar refractivity (Wildman–Crippen MR) is 98.3 cm³/mol. The maximum Gasteiger partial charge on any atom is 0.337 e. The summed E-state index contributed by atoms with van der Waals surface area (Å²) in [5.41, 5.74) is 0.243. The molecule has 0 saturated carbocycles. The Morgan fingerprint density at radius 3 is 2.23 bits per heavy atom. The first-order valence-electron chi connectivity index (χ1n) is 8.60. The third kappa shape index (κ3) is 5.84. The predicted octanol–water partition coefficient (Wildman–Crippen LogP) is 0.879. The van der Waals surface area contributed by atoms with Crippen LogP contribution in [-0.2, 0) is 19.2 Å². The molecule has 166 valence electrons. The van der Waals surface area contributed by atoms with E-state index in [0.29, 0.717) is 5.56 Å². The van der Waals surface area contributed by atoms with Crippen LogP contribution < -0.4 is 5.32 Å². The van der Waals surface area contributed by atoms with Crippen LogP contribution in [0.25, 0.3) is 0 Å². The highest BCUT2D eigenvalue weighted by Crippen LogP contribution is 2.38. The van der Waals surface area contributed by atoms with Crippen LogP contribution in [-0.4, -0.2) is 45.4 Å². The molecule has 1 unspecified atom stereocenters. The molecule has 0 bridgehead atoms. The summed E-state index contributed by atoms with van der Waals surface area (Å²) in [4.78, 5) is 57.0. The Kier molecular flexibility index (Phi) is 7.38. The molecule has 31 heavy (non-hydrogen) atoms. The summed E-state index contributed by atoms with van der Waals surface area (Å²) in [6, 6.07) is 3.06. The molecule has 1 aromatic heterocycles. The van der Waals surface area contributed by atoms with Gasteiger partial charge in [0.2, 0.25) is 0 Å². The zero-order valence-electron chi connectivity index (χ0n) is 16.2. The number of esters is 1. The van der Waals surface area contributed by atoms with Crippen LogP contribution in [0, 0.1) is 30.3 Å². The molecule has 15 nitrogen and oxygen atoms in total. The van der Waals surface area contributed by atoms with Crippen LogP contribution >= 0.6 is 0 Å². The molecule has 2 rings (SSSR count). The van der Waals surface area contributed by atoms with Crippen molar-refractivity contribution in [3.63, 3.8) is 0 Å². The molecule has 1 atom stereocenters. The Labute approximate surface area is 173 Å². The van der Waals surface area contributed by atoms with E-state index in [9.17, 15) is 35.1 Å². The van der Waals surface area contributed by atoms with E-state index in [4.69, 9.17) is 4.74 Å². The fourth-order valence-electron chi connectivity index (χ4n) is 2.99. The summed E-state index contributed by atoms with van der Waals surface area (Å²) < 4.78 is 5.11. The zero-order chi connectivity index (χ0) is 23.1. The number of hydrogen-bond acceptors (Lipinski definition) is 12. The van der Waals surface area contributed by atoms with Crippen LogP contribution in [0.2, 0.25) is 0 Å². The van der Waals surface area contributed by atoms with E-state index in [-0.39, 0.29) is 22.7 Å². The van der Waals surface area contributed by atoms with Crippen molar-refractivity contribution in [1.82, 2.24) is 10.3 Å². The summed E-state index contributed by atoms with van der Waals surface area (Å²) in [7, 11) is 0. The summed E-state index contributed by atoms with van der Waals surface area (Å²) >= 11 is 0. The standard InChI is InChI=1S/C16H17N5O10/c1-9-13(16(22)31-12(7-29-20(25)26)8-30-21(27)28)14(11-4-3-5-17-6-11)15(19(23)24)10(2)18-9/h3-6,12,14,18H,7-8H2,1-2H3. The first-order valence-corrected chi connectivity index (χ1v) is 8.60. The van der Waals surface area contributed by atoms with E-state index in [1.807, 2.05) is 0 Å². The van der Waals surface area contributed by atoms with Crippen molar-refractivity contribution >= 4 is 5.97 Å². The van der Waals surface area contributed by atoms with Crippen LogP contribution in [0.3, 0.4) is 0 Å². The van der Waals surface area contributed by atoms with Crippen molar-refractivity contribution in [2.75, 3.05) is 13.2 Å². The quantitative estimate of drug-likeness (QED) is 0.307. The van der Waals surface area contributed by atoms with Crippen LogP contribution in [0.15, 0.2) is 47.2 Å². The minimum Gasteiger partial charge on any atom is -0.455 e. The maximum absolute atomic E-state index is 12.9. The molecule has 15 heteroatoms. The average Bonchev–Trinajstić information content (AvgIpc) is 2.69. The second kappa shape index (κ2) is 9.95. The first kappa shape index (κ1) is 23.0. The number of carbonyl (C=O) groups excluding carboxylic acids is 1. The fourth-order valence-corrected chi connectivity index (χ4v) is 2.99. The van der Waals surface area contributed by atoms with Gasteiger partial charge in [-0.2, -0.15) is 0 Å². The van der Waals surface area contributed by atoms with Crippen molar-refractivity contribution < 1.29 is 34.3 Å². The average molecular weight is 439 g/mol. The van der Waals surface area contributed by atoms with Gasteiger partial charge in [-0.05, 0) is 25.5 Å². The van der Waals surface area contributed by atoms with E-state index in [1.54, 1.807) is 0 Å². The van der Waals surface area contributed by atoms with Crippen LogP contribution in [0.1, 0.15) is 25.3 Å². The molecule has 0 aromatic carbocycles. The number of dihydropyridines is 1. The Hall–Kier alpha value is -4.30. The van der Waals surface area contributed by atoms with Gasteiger partial charge in [0.1, 0.15) is 25.2 Å². The van der Waals surface area contributed by atoms with E-state index in [1.165, 1.54) is 38.4 Å². The number of hydrogen-bond donors (Lipinski definition) is 1. The molecule has 1 aliphatic rings. The van der Waals surface area contributed by atoms with Gasteiger partial charge in [-0.15, -0.1) is 20.2 Å². The number of allylic oxidation sites excluding steroid dienone is 3. The Morgan fingerprint density at radius 2 is 1.74 bits per heavy atom. The summed E-state index contributed by atoms with van der Waals surface area (Å²) in [6.45, 7) is 1.25. The minimum atomic E-state index is -1.54. The normalized spacial score (nSPS) is 15.9. The molecular weight excluding hydrogens is 422 g/mol. The lowest BCUT2D eigenvalue weighted by atomic mass is 9.85. The molecule has 0 radical (unpaired) electrons. The monoisotopic (exact) mass is 439 g/mol. The van der Waals surface area contributed by atoms with E-state index >= 15 is 0 Å². The number of ether oxygens (including phenoxy) is 1. The molecule has 2 heterocycles. The van der Waals surface area contributed by atoms with Gasteiger partial charge < -0.3 is 19.7 Å². The Morgan fingerprint density at radius 1 is 1.13 bits per heavy atom. The minimum absolute atomic E-state index is 0.169. The topological polar surface area (TPSA) is 199 Å². The van der Waals surface area contributed by atoms with Crippen LogP contribution in [0.4, 0.5) is 0 Å². The zero-order valence-corrected chi connectivity index (χ0v) is 16.2. The van der Waals surface area contributed by atoms with E-state index in [0.717, 1.165) is 0 Å². The highest BCUT2D eigenvalue weighted by atomic mass is 17.0. The Balaban J connectivity index is 2.40. The summed E-state index contributed by atoms with van der Waals surface area (Å²) in [5.74, 6) is -2.28. The van der Waals surface area contributed by atoms with Gasteiger partial charge in [0.25, 0.3) is 15.9 Å². The van der Waals surface area contributed by atoms with Gasteiger partial charge in [0.15, 0.2) is 0 Å². The van der Waals surface area contributed by atoms with Crippen molar-refractivity contribution in [3.05, 3.63) is 83.1 Å². The van der Waals surface area contributed by atoms with Crippen molar-refractivity contribution in [3.8, 4) is 0 Å². The van der Waals surface area contributed by atoms with Crippen molar-refractivity contribution in [2.45, 2.75) is 25.9 Å². The van der Waals surface area contributed by atoms with Gasteiger partial charge >= 0.3 is 5.97 Å². The summed E-state index contributed by atoms with van der Waals surface area (Å²) in [5, 5.41) is 33.0. The van der Waals surface area contributed by atoms with Gasteiger partial charge in [0.05, 0.1) is 16.2 Å². The first-order chi connectivity index (χ1) is 14.6. The van der Waals surface area contributed by atoms with E-state index in [2.05, 4.69) is 20.0 Å². The Bertz CT molecular complexity index is 927. The van der Waals surface area contributed by atoms with Crippen LogP contribution in [0.5, 0.6) is 0 Å². The van der Waals surface area contributed by atoms with Gasteiger partial charge in [-0.1, -0.05) is 6.07 Å². The third-order valence-electron chi connectivity index (χ3n) is 4.17. The highest BCUT2D eigenvalue weighted by molar-refractivity contribution is 5.92. The number of nitro groups is 1. The molecule has 1 N–H and O–H groups in total. The molecule has 1 aromatic rings. The maximum atomic E-state index is 12.9. The smallest absolute Gasteiger partial charge is 0.337 e. The molecule has 0 spiro atoms. The third-order valence-corrected chi connectivity index (χ3v) is 4.17. The lowest BCUT2D eigenvalue weighted by molar-refractivity contribution is -0.768. The van der Waals surface area contributed by atoms with Crippen molar-refractivity contribution in [1.29, 1.82) is 0 Å². The SMILES string of the molecule is CC1=C(C(=O)OC(CO[N+](=O)[O-])CO[N+](=O)[O-])C(c2cccnc2)C([N+](=O)[O-])=C(C)N1. The van der Waals surface area contributed by atoms with Gasteiger partial charge in [-0.25, -0.2) is 4.79 Å². The second-order valence-corrected chi connectivity index (χ2v) is 6.22. The largest absolute Gasteiger partial charge is 0.455 e. The molecule has 0 aliphatic carbocycles. The lowest BCUT2D eigenvalue weighted by Crippen LogP contribution is -2.35. The second-order valence-electron chi connectivity index (χ2n) is 6.22. The molecule has 0 amide bonds. The molecule has 0 saturated heterocycles. The molecule has 1 aliphatic heterocycles. The summed E-state index contributed by atoms with van der Waals surface area (Å²) in [6.07, 6.45) is 1.25. The fraction of sp³-hybridized carbons (Fsp3) is 0.375. The van der Waals surface area contributed by atoms with Gasteiger partial charge in [0, 0.05) is 18.1 Å². The number of aromatic nitrogens is 1. The van der Waals surface area contributed by atoms with Gasteiger partial charge in [-0.3, -0.25) is 15.1 Å². The highest BCUT2D eigenvalue weighted by Gasteiger charge is 2.41. The number of pyridine rings is 1. The number of rotatable bonds is 10. The lowest BCUT2D eigenvalue weighted by Gasteiger charge is -2.27. The van der Waals surface area contributed by atoms with E-state index < -0.39 is 46.3 Å². The molecule has 0 fully saturated rings. The number of nitrogens with zero attached hydrogens (tertiary/aromatic N) is 4. The van der Waals surface area contributed by atoms with Crippen molar-refractivity contribution in [2.24, 2.45) is 0 Å². The molecular formula is C16H17N5O10.